The van der Waals surface area contributed by atoms with Crippen molar-refractivity contribution in [1.82, 2.24) is 0 Å². The van der Waals surface area contributed by atoms with Gasteiger partial charge in [0.25, 0.3) is 0 Å². The molecule has 0 aromatic heterocycles. The molecule has 52 heavy (non-hydrogen) atoms. The van der Waals surface area contributed by atoms with Gasteiger partial charge in [0.2, 0.25) is 0 Å². The van der Waals surface area contributed by atoms with E-state index in [4.69, 9.17) is 0 Å². The molecule has 3 aliphatic rings. The first-order valence-electron chi connectivity index (χ1n) is 18.2. The zero-order chi connectivity index (χ0) is 34.6. The van der Waals surface area contributed by atoms with Crippen molar-refractivity contribution in [3.05, 3.63) is 209 Å². The number of benzene rings is 8. The summed E-state index contributed by atoms with van der Waals surface area (Å²) in [4.78, 5) is 5.16. The fraction of sp³-hybridized carbons (Fsp3) is 0.0800. The Morgan fingerprint density at radius 2 is 1.06 bits per heavy atom. The number of para-hydroxylation sites is 1. The van der Waals surface area contributed by atoms with Crippen molar-refractivity contribution in [2.24, 2.45) is 0 Å². The monoisotopic (exact) mass is 681 g/mol. The van der Waals surface area contributed by atoms with Gasteiger partial charge in [0.15, 0.2) is 0 Å². The molecule has 2 aliphatic carbocycles. The molecule has 1 heterocycles. The Hall–Kier alpha value is -5.83. The van der Waals surface area contributed by atoms with E-state index in [9.17, 15) is 0 Å². The first kappa shape index (κ1) is 29.9. The van der Waals surface area contributed by atoms with Crippen LogP contribution >= 0.6 is 11.8 Å². The van der Waals surface area contributed by atoms with Gasteiger partial charge in [-0.25, -0.2) is 0 Å². The molecule has 0 amide bonds. The highest BCUT2D eigenvalue weighted by atomic mass is 32.2. The fourth-order valence-corrected chi connectivity index (χ4v) is 11.0. The van der Waals surface area contributed by atoms with Crippen LogP contribution in [0.1, 0.15) is 47.2 Å². The smallest absolute Gasteiger partial charge is 0.0756 e. The number of fused-ring (bicyclic) bond motifs is 14. The van der Waals surface area contributed by atoms with Gasteiger partial charge in [-0.05, 0) is 97.2 Å². The standard InChI is InChI=1S/C50H35NS/c1-49(2)40-22-11-8-19-36(40)39-29-28-34(31-44(39)49)51(33-16-4-3-5-17-33)45-25-14-26-46-47(45)50(43-30-27-32-15-6-7-18-35(32)48(43)52-46)41-23-12-9-20-37(41)38-21-10-13-24-42(38)50/h3-31H,1-2H3. The predicted octanol–water partition coefficient (Wildman–Crippen LogP) is 13.4. The van der Waals surface area contributed by atoms with Gasteiger partial charge in [-0.3, -0.25) is 0 Å². The minimum absolute atomic E-state index is 0.110. The molecule has 11 rings (SSSR count). The average molecular weight is 682 g/mol. The maximum Gasteiger partial charge on any atom is 0.0756 e. The van der Waals surface area contributed by atoms with Crippen molar-refractivity contribution in [3.8, 4) is 22.3 Å². The molecule has 0 radical (unpaired) electrons. The van der Waals surface area contributed by atoms with Crippen LogP contribution < -0.4 is 4.90 Å². The van der Waals surface area contributed by atoms with E-state index < -0.39 is 5.41 Å². The zero-order valence-corrected chi connectivity index (χ0v) is 29.9. The third kappa shape index (κ3) is 3.85. The van der Waals surface area contributed by atoms with Crippen LogP contribution in [0, 0.1) is 0 Å². The zero-order valence-electron chi connectivity index (χ0n) is 29.1. The van der Waals surface area contributed by atoms with Crippen molar-refractivity contribution >= 4 is 39.6 Å². The van der Waals surface area contributed by atoms with Crippen LogP contribution in [0.3, 0.4) is 0 Å². The number of hydrogen-bond acceptors (Lipinski definition) is 2. The highest BCUT2D eigenvalue weighted by Gasteiger charge is 2.52. The van der Waals surface area contributed by atoms with Crippen LogP contribution in [-0.2, 0) is 10.8 Å². The van der Waals surface area contributed by atoms with Crippen LogP contribution in [0.25, 0.3) is 33.0 Å². The van der Waals surface area contributed by atoms with Crippen LogP contribution in [0.2, 0.25) is 0 Å². The first-order valence-corrected chi connectivity index (χ1v) is 19.0. The van der Waals surface area contributed by atoms with Gasteiger partial charge in [0, 0.05) is 32.1 Å². The number of hydrogen-bond donors (Lipinski definition) is 0. The highest BCUT2D eigenvalue weighted by Crippen LogP contribution is 2.65. The molecule has 0 bridgehead atoms. The summed E-state index contributed by atoms with van der Waals surface area (Å²) in [5.41, 5.74) is 16.3. The maximum absolute atomic E-state index is 2.52. The molecule has 1 nitrogen and oxygen atoms in total. The minimum atomic E-state index is -0.525. The Kier molecular flexibility index (Phi) is 6.22. The van der Waals surface area contributed by atoms with Crippen LogP contribution in [0.15, 0.2) is 186 Å². The molecular weight excluding hydrogens is 647 g/mol. The van der Waals surface area contributed by atoms with Crippen molar-refractivity contribution in [3.63, 3.8) is 0 Å². The third-order valence-corrected chi connectivity index (χ3v) is 13.1. The van der Waals surface area contributed by atoms with Gasteiger partial charge in [0.1, 0.15) is 0 Å². The second-order valence-corrected chi connectivity index (χ2v) is 15.9. The van der Waals surface area contributed by atoms with Crippen LogP contribution in [0.4, 0.5) is 17.1 Å². The molecule has 1 aliphatic heterocycles. The van der Waals surface area contributed by atoms with Crippen molar-refractivity contribution in [2.45, 2.75) is 34.5 Å². The summed E-state index contributed by atoms with van der Waals surface area (Å²) < 4.78 is 0. The van der Waals surface area contributed by atoms with E-state index in [2.05, 4.69) is 195 Å². The SMILES string of the molecule is CC1(C)c2ccccc2-c2ccc(N(c3ccccc3)c3cccc4c3C3(c5ccccc5-c5ccccc53)c3ccc5ccccc5c3S4)cc21. The molecule has 0 N–H and O–H groups in total. The fourth-order valence-electron chi connectivity index (χ4n) is 9.69. The van der Waals surface area contributed by atoms with Crippen molar-refractivity contribution in [2.75, 3.05) is 4.90 Å². The normalized spacial score (nSPS) is 15.0. The molecule has 8 aromatic carbocycles. The molecule has 0 atom stereocenters. The molecular formula is C50H35NS. The molecule has 0 saturated heterocycles. The molecule has 2 heteroatoms. The minimum Gasteiger partial charge on any atom is -0.310 e. The van der Waals surface area contributed by atoms with E-state index in [0.717, 1.165) is 5.69 Å². The van der Waals surface area contributed by atoms with Crippen molar-refractivity contribution < 1.29 is 0 Å². The lowest BCUT2D eigenvalue weighted by Gasteiger charge is -2.43. The Bertz CT molecular complexity index is 2710. The first-order chi connectivity index (χ1) is 25.6. The Balaban J connectivity index is 1.25. The van der Waals surface area contributed by atoms with E-state index in [-0.39, 0.29) is 5.41 Å². The van der Waals surface area contributed by atoms with E-state index in [0.29, 0.717) is 0 Å². The van der Waals surface area contributed by atoms with Crippen LogP contribution in [-0.4, -0.2) is 0 Å². The summed E-state index contributed by atoms with van der Waals surface area (Å²) in [5.74, 6) is 0. The summed E-state index contributed by atoms with van der Waals surface area (Å²) in [5, 5.41) is 2.58. The van der Waals surface area contributed by atoms with Gasteiger partial charge in [-0.1, -0.05) is 165 Å². The van der Waals surface area contributed by atoms with Crippen molar-refractivity contribution in [1.29, 1.82) is 0 Å². The maximum atomic E-state index is 2.52. The van der Waals surface area contributed by atoms with E-state index in [1.165, 1.54) is 87.6 Å². The largest absolute Gasteiger partial charge is 0.310 e. The third-order valence-electron chi connectivity index (χ3n) is 11.9. The Morgan fingerprint density at radius 1 is 0.442 bits per heavy atom. The number of anilines is 3. The molecule has 0 unspecified atom stereocenters. The average Bonchev–Trinajstić information content (AvgIpc) is 3.61. The molecule has 8 aromatic rings. The molecule has 1 spiro atoms. The lowest BCUT2D eigenvalue weighted by Crippen LogP contribution is -2.34. The van der Waals surface area contributed by atoms with Crippen LogP contribution in [0.5, 0.6) is 0 Å². The summed E-state index contributed by atoms with van der Waals surface area (Å²) in [6.45, 7) is 4.75. The lowest BCUT2D eigenvalue weighted by molar-refractivity contribution is 0.660. The number of nitrogens with zero attached hydrogens (tertiary/aromatic N) is 1. The number of rotatable bonds is 3. The van der Waals surface area contributed by atoms with E-state index in [1.807, 2.05) is 11.8 Å². The Morgan fingerprint density at radius 3 is 1.81 bits per heavy atom. The van der Waals surface area contributed by atoms with E-state index >= 15 is 0 Å². The highest BCUT2D eigenvalue weighted by molar-refractivity contribution is 7.99. The van der Waals surface area contributed by atoms with Gasteiger partial charge >= 0.3 is 0 Å². The summed E-state index contributed by atoms with van der Waals surface area (Å²) in [6, 6.07) is 65.9. The predicted molar refractivity (Wildman–Crippen MR) is 218 cm³/mol. The molecule has 246 valence electrons. The van der Waals surface area contributed by atoms with Gasteiger partial charge in [-0.15, -0.1) is 0 Å². The molecule has 0 saturated carbocycles. The second kappa shape index (κ2) is 10.8. The quantitative estimate of drug-likeness (QED) is 0.183. The van der Waals surface area contributed by atoms with Gasteiger partial charge in [0.05, 0.1) is 11.1 Å². The summed E-state index contributed by atoms with van der Waals surface area (Å²) in [6.07, 6.45) is 0. The van der Waals surface area contributed by atoms with Gasteiger partial charge in [-0.2, -0.15) is 0 Å². The Labute approximate surface area is 309 Å². The molecule has 0 fully saturated rings. The summed E-state index contributed by atoms with van der Waals surface area (Å²) in [7, 11) is 0. The lowest BCUT2D eigenvalue weighted by atomic mass is 9.66. The van der Waals surface area contributed by atoms with Gasteiger partial charge < -0.3 is 4.90 Å². The second-order valence-electron chi connectivity index (χ2n) is 14.8. The topological polar surface area (TPSA) is 3.24 Å². The van der Waals surface area contributed by atoms with E-state index in [1.54, 1.807) is 0 Å². The summed E-state index contributed by atoms with van der Waals surface area (Å²) >= 11 is 1.93.